The van der Waals surface area contributed by atoms with E-state index in [9.17, 15) is 35.1 Å². The highest BCUT2D eigenvalue weighted by molar-refractivity contribution is 5.77. The summed E-state index contributed by atoms with van der Waals surface area (Å²) in [6.07, 6.45) is 6.02. The molecular formula is C22H32O7. The molecule has 0 spiro atoms. The molecule has 0 saturated heterocycles. The second-order valence-corrected chi connectivity index (χ2v) is 8.91. The maximum absolute atomic E-state index is 11.3. The van der Waals surface area contributed by atoms with Crippen molar-refractivity contribution in [1.82, 2.24) is 0 Å². The van der Waals surface area contributed by atoms with E-state index >= 15 is 0 Å². The van der Waals surface area contributed by atoms with Gasteiger partial charge in [0.1, 0.15) is 5.75 Å². The molecule has 1 aromatic carbocycles. The Bertz CT molecular complexity index is 763. The minimum absolute atomic E-state index is 0.0861. The first-order valence-electron chi connectivity index (χ1n) is 10.2. The van der Waals surface area contributed by atoms with Gasteiger partial charge in [0.25, 0.3) is 0 Å². The summed E-state index contributed by atoms with van der Waals surface area (Å²) in [5.74, 6) is -2.31. The Morgan fingerprint density at radius 3 is 2.07 bits per heavy atom. The lowest BCUT2D eigenvalue weighted by molar-refractivity contribution is -0.147. The molecule has 0 heterocycles. The molecule has 0 atom stereocenters. The lowest BCUT2D eigenvalue weighted by Gasteiger charge is -2.19. The Morgan fingerprint density at radius 1 is 0.931 bits per heavy atom. The fourth-order valence-corrected chi connectivity index (χ4v) is 3.75. The second-order valence-electron chi connectivity index (χ2n) is 8.91. The number of carboxylic acids is 2. The van der Waals surface area contributed by atoms with Crippen molar-refractivity contribution < 1.29 is 35.1 Å². The molecule has 0 bridgehead atoms. The zero-order chi connectivity index (χ0) is 21.8. The van der Waals surface area contributed by atoms with Crippen molar-refractivity contribution in [2.24, 2.45) is 10.8 Å². The van der Waals surface area contributed by atoms with Crippen LogP contribution in [0.25, 0.3) is 0 Å². The maximum atomic E-state index is 11.3. The highest BCUT2D eigenvalue weighted by Crippen LogP contribution is 2.50. The van der Waals surface area contributed by atoms with Crippen LogP contribution in [-0.2, 0) is 22.4 Å². The molecule has 5 N–H and O–H groups in total. The fraction of sp³-hybridized carbons (Fsp3) is 0.636. The fourth-order valence-electron chi connectivity index (χ4n) is 3.75. The van der Waals surface area contributed by atoms with Crippen molar-refractivity contribution >= 4 is 11.9 Å². The molecule has 1 aromatic rings. The highest BCUT2D eigenvalue weighted by Gasteiger charge is 2.49. The summed E-state index contributed by atoms with van der Waals surface area (Å²) >= 11 is 0. The average molecular weight is 408 g/mol. The van der Waals surface area contributed by atoms with Gasteiger partial charge in [-0.2, -0.15) is 0 Å². The van der Waals surface area contributed by atoms with Gasteiger partial charge in [0, 0.05) is 17.2 Å². The normalized spacial score (nSPS) is 15.2. The molecule has 0 aromatic heterocycles. The van der Waals surface area contributed by atoms with Crippen molar-refractivity contribution in [2.75, 3.05) is 0 Å². The van der Waals surface area contributed by atoms with Crippen LogP contribution in [0, 0.1) is 10.8 Å². The van der Waals surface area contributed by atoms with E-state index in [0.717, 1.165) is 6.07 Å². The van der Waals surface area contributed by atoms with Crippen LogP contribution in [0.1, 0.15) is 76.3 Å². The van der Waals surface area contributed by atoms with E-state index in [1.165, 1.54) is 0 Å². The number of carboxylic acid groups (broad SMARTS) is 2. The van der Waals surface area contributed by atoms with E-state index in [-0.39, 0.29) is 17.2 Å². The third kappa shape index (κ3) is 5.55. The number of benzene rings is 1. The van der Waals surface area contributed by atoms with Crippen molar-refractivity contribution in [3.8, 4) is 17.2 Å². The smallest absolute Gasteiger partial charge is 0.309 e. The van der Waals surface area contributed by atoms with Gasteiger partial charge < -0.3 is 25.5 Å². The van der Waals surface area contributed by atoms with Crippen LogP contribution in [0.4, 0.5) is 0 Å². The summed E-state index contributed by atoms with van der Waals surface area (Å²) in [5, 5.41) is 48.9. The Morgan fingerprint density at radius 2 is 1.52 bits per heavy atom. The first kappa shape index (κ1) is 22.8. The van der Waals surface area contributed by atoms with Gasteiger partial charge in [-0.1, -0.05) is 12.8 Å². The molecule has 7 heteroatoms. The first-order chi connectivity index (χ1) is 13.5. The maximum Gasteiger partial charge on any atom is 0.309 e. The molecule has 0 radical (unpaired) electrons. The number of carbonyl (C=O) groups is 2. The topological polar surface area (TPSA) is 135 Å². The standard InChI is InChI=1S/C22H32O7/c1-21(2,19(26)27)9-5-3-7-14-15(18(25)17(24)13-16(14)23)8-4-6-10-22(11-12-22)20(28)29/h13,23-25H,3-12H2,1-2H3,(H,26,27)(H,28,29). The third-order valence-corrected chi connectivity index (χ3v) is 6.17. The summed E-state index contributed by atoms with van der Waals surface area (Å²) in [4.78, 5) is 22.5. The van der Waals surface area contributed by atoms with Gasteiger partial charge in [0.15, 0.2) is 11.5 Å². The predicted molar refractivity (Wildman–Crippen MR) is 107 cm³/mol. The molecule has 29 heavy (non-hydrogen) atoms. The number of rotatable bonds is 12. The minimum Gasteiger partial charge on any atom is -0.508 e. The quantitative estimate of drug-likeness (QED) is 0.199. The van der Waals surface area contributed by atoms with Gasteiger partial charge in [0.2, 0.25) is 0 Å². The van der Waals surface area contributed by atoms with E-state index < -0.39 is 22.8 Å². The lowest BCUT2D eigenvalue weighted by Crippen LogP contribution is -2.23. The number of aliphatic carboxylic acids is 2. The number of phenolic OH excluding ortho intramolecular Hbond substituents is 3. The van der Waals surface area contributed by atoms with E-state index in [1.54, 1.807) is 13.8 Å². The first-order valence-corrected chi connectivity index (χ1v) is 10.2. The molecule has 1 saturated carbocycles. The SMILES string of the molecule is CC(C)(CCCCc1c(O)cc(O)c(O)c1CCCCC1(C(=O)O)CC1)C(=O)O. The van der Waals surface area contributed by atoms with Crippen molar-refractivity contribution in [1.29, 1.82) is 0 Å². The summed E-state index contributed by atoms with van der Waals surface area (Å²) < 4.78 is 0. The Hall–Kier alpha value is -2.44. The van der Waals surface area contributed by atoms with Gasteiger partial charge in [-0.3, -0.25) is 9.59 Å². The zero-order valence-corrected chi connectivity index (χ0v) is 17.2. The number of hydrogen-bond acceptors (Lipinski definition) is 5. The predicted octanol–water partition coefficient (Wildman–Crippen LogP) is 4.20. The van der Waals surface area contributed by atoms with Gasteiger partial charge >= 0.3 is 11.9 Å². The molecular weight excluding hydrogens is 376 g/mol. The Balaban J connectivity index is 1.97. The molecule has 0 amide bonds. The summed E-state index contributed by atoms with van der Waals surface area (Å²) in [5.41, 5.74) is -0.346. The van der Waals surface area contributed by atoms with Gasteiger partial charge in [-0.25, -0.2) is 0 Å². The molecule has 0 aliphatic heterocycles. The highest BCUT2D eigenvalue weighted by atomic mass is 16.4. The molecule has 2 rings (SSSR count). The van der Waals surface area contributed by atoms with Crippen LogP contribution >= 0.6 is 0 Å². The van der Waals surface area contributed by atoms with E-state index in [1.807, 2.05) is 0 Å². The van der Waals surface area contributed by atoms with Crippen LogP contribution in [0.3, 0.4) is 0 Å². The molecule has 1 aliphatic rings. The number of hydrogen-bond donors (Lipinski definition) is 5. The monoisotopic (exact) mass is 408 g/mol. The Kier molecular flexibility index (Phi) is 7.03. The number of aromatic hydroxyl groups is 3. The second kappa shape index (κ2) is 8.93. The van der Waals surface area contributed by atoms with E-state index in [0.29, 0.717) is 75.3 Å². The zero-order valence-electron chi connectivity index (χ0n) is 17.2. The summed E-state index contributed by atoms with van der Waals surface area (Å²) in [7, 11) is 0. The van der Waals surface area contributed by atoms with Crippen LogP contribution in [-0.4, -0.2) is 37.5 Å². The van der Waals surface area contributed by atoms with Crippen LogP contribution < -0.4 is 0 Å². The van der Waals surface area contributed by atoms with Crippen molar-refractivity contribution in [2.45, 2.75) is 78.1 Å². The van der Waals surface area contributed by atoms with E-state index in [4.69, 9.17) is 0 Å². The average Bonchev–Trinajstić information content (AvgIpc) is 3.42. The van der Waals surface area contributed by atoms with Gasteiger partial charge in [-0.05, 0) is 65.2 Å². The largest absolute Gasteiger partial charge is 0.508 e. The minimum atomic E-state index is -0.849. The van der Waals surface area contributed by atoms with E-state index in [2.05, 4.69) is 0 Å². The summed E-state index contributed by atoms with van der Waals surface area (Å²) in [6, 6.07) is 1.12. The van der Waals surface area contributed by atoms with Crippen LogP contribution in [0.5, 0.6) is 17.2 Å². The van der Waals surface area contributed by atoms with Crippen LogP contribution in [0.2, 0.25) is 0 Å². The van der Waals surface area contributed by atoms with Gasteiger partial charge in [-0.15, -0.1) is 0 Å². The number of unbranched alkanes of at least 4 members (excludes halogenated alkanes) is 2. The van der Waals surface area contributed by atoms with Gasteiger partial charge in [0.05, 0.1) is 10.8 Å². The lowest BCUT2D eigenvalue weighted by atomic mass is 9.86. The van der Waals surface area contributed by atoms with Crippen LogP contribution in [0.15, 0.2) is 6.07 Å². The summed E-state index contributed by atoms with van der Waals surface area (Å²) in [6.45, 7) is 3.35. The molecule has 1 fully saturated rings. The molecule has 1 aliphatic carbocycles. The molecule has 7 nitrogen and oxygen atoms in total. The third-order valence-electron chi connectivity index (χ3n) is 6.17. The van der Waals surface area contributed by atoms with Crippen molar-refractivity contribution in [3.05, 3.63) is 17.2 Å². The van der Waals surface area contributed by atoms with Crippen molar-refractivity contribution in [3.63, 3.8) is 0 Å². The molecule has 0 unspecified atom stereocenters. The molecule has 162 valence electrons. The number of phenols is 3. The Labute approximate surface area is 171 Å².